The van der Waals surface area contributed by atoms with Crippen LogP contribution in [-0.2, 0) is 4.79 Å². The molecule has 0 bridgehead atoms. The van der Waals surface area contributed by atoms with Gasteiger partial charge in [-0.05, 0) is 30.3 Å². The molecule has 0 unspecified atom stereocenters. The predicted molar refractivity (Wildman–Crippen MR) is 109 cm³/mol. The van der Waals surface area contributed by atoms with E-state index in [1.165, 1.54) is 0 Å². The van der Waals surface area contributed by atoms with Gasteiger partial charge in [0.05, 0.1) is 23.1 Å². The molecule has 0 aliphatic rings. The minimum atomic E-state index is -0.0667. The third-order valence-electron chi connectivity index (χ3n) is 4.53. The van der Waals surface area contributed by atoms with Crippen molar-refractivity contribution in [1.29, 1.82) is 0 Å². The van der Waals surface area contributed by atoms with Crippen molar-refractivity contribution in [2.45, 2.75) is 13.3 Å². The van der Waals surface area contributed by atoms with Crippen LogP contribution in [0.5, 0.6) is 0 Å². The first-order valence-corrected chi connectivity index (χ1v) is 9.13. The van der Waals surface area contributed by atoms with Crippen LogP contribution in [-0.4, -0.2) is 41.0 Å². The zero-order chi connectivity index (χ0) is 19.8. The molecule has 0 aliphatic carbocycles. The lowest BCUT2D eigenvalue weighted by Gasteiger charge is -2.06. The van der Waals surface area contributed by atoms with Crippen molar-refractivity contribution in [3.8, 4) is 22.8 Å². The number of H-pyrrole nitrogens is 2. The van der Waals surface area contributed by atoms with Crippen molar-refractivity contribution in [1.82, 2.24) is 35.1 Å². The Morgan fingerprint density at radius 1 is 1.17 bits per heavy atom. The van der Waals surface area contributed by atoms with E-state index in [9.17, 15) is 4.79 Å². The smallest absolute Gasteiger partial charge is 0.224 e. The minimum Gasteiger partial charge on any atom is -0.325 e. The van der Waals surface area contributed by atoms with E-state index in [2.05, 4.69) is 35.5 Å². The van der Waals surface area contributed by atoms with Gasteiger partial charge in [-0.15, -0.1) is 0 Å². The number of nitrogens with one attached hydrogen (secondary N) is 3. The van der Waals surface area contributed by atoms with Crippen LogP contribution in [0.1, 0.15) is 13.3 Å². The Balaban J connectivity index is 1.58. The van der Waals surface area contributed by atoms with Gasteiger partial charge in [0, 0.05) is 24.4 Å². The largest absolute Gasteiger partial charge is 0.325 e. The second-order valence-corrected chi connectivity index (χ2v) is 6.49. The van der Waals surface area contributed by atoms with Crippen LogP contribution in [0.15, 0.2) is 48.9 Å². The van der Waals surface area contributed by atoms with Gasteiger partial charge >= 0.3 is 0 Å². The van der Waals surface area contributed by atoms with Gasteiger partial charge in [0.25, 0.3) is 0 Å². The van der Waals surface area contributed by atoms with E-state index < -0.39 is 0 Å². The summed E-state index contributed by atoms with van der Waals surface area (Å²) in [6.07, 6.45) is 5.43. The summed E-state index contributed by atoms with van der Waals surface area (Å²) in [5, 5.41) is 10.2. The number of anilines is 1. The van der Waals surface area contributed by atoms with E-state index in [1.54, 1.807) is 25.5 Å². The third-order valence-corrected chi connectivity index (χ3v) is 4.53. The highest BCUT2D eigenvalue weighted by molar-refractivity contribution is 5.92. The fourth-order valence-corrected chi connectivity index (χ4v) is 3.08. The Hall–Kier alpha value is -4.14. The zero-order valence-corrected chi connectivity index (χ0v) is 15.5. The molecule has 0 radical (unpaired) electrons. The van der Waals surface area contributed by atoms with E-state index in [4.69, 9.17) is 4.98 Å². The van der Waals surface area contributed by atoms with Crippen LogP contribution in [0, 0.1) is 0 Å². The summed E-state index contributed by atoms with van der Waals surface area (Å²) in [4.78, 5) is 32.7. The van der Waals surface area contributed by atoms with Crippen LogP contribution in [0.25, 0.3) is 45.0 Å². The average Bonchev–Trinajstić information content (AvgIpc) is 3.37. The number of hydrogen-bond donors (Lipinski definition) is 3. The Kier molecular flexibility index (Phi) is 3.98. The van der Waals surface area contributed by atoms with Crippen molar-refractivity contribution >= 4 is 33.8 Å². The lowest BCUT2D eigenvalue weighted by molar-refractivity contribution is -0.115. The molecule has 5 rings (SSSR count). The summed E-state index contributed by atoms with van der Waals surface area (Å²) in [6.45, 7) is 1.80. The van der Waals surface area contributed by atoms with E-state index in [0.717, 1.165) is 22.3 Å². The van der Waals surface area contributed by atoms with Gasteiger partial charge in [0.2, 0.25) is 5.91 Å². The average molecular weight is 384 g/mol. The number of amides is 1. The first-order chi connectivity index (χ1) is 14.2. The number of imidazole rings is 1. The fourth-order valence-electron chi connectivity index (χ4n) is 3.08. The molecule has 0 spiro atoms. The maximum atomic E-state index is 11.7. The molecule has 0 atom stereocenters. The molecule has 3 N–H and O–H groups in total. The molecule has 9 heteroatoms. The molecule has 0 fully saturated rings. The van der Waals surface area contributed by atoms with E-state index in [-0.39, 0.29) is 5.91 Å². The first-order valence-electron chi connectivity index (χ1n) is 9.13. The first kappa shape index (κ1) is 17.0. The monoisotopic (exact) mass is 384 g/mol. The van der Waals surface area contributed by atoms with Gasteiger partial charge in [-0.2, -0.15) is 5.10 Å². The SMILES string of the molecule is CCC(=O)Nc1cncc(-c2ccc3[nH]nc(-c4nc5cccnc5[nH]4)c3n2)c1. The summed E-state index contributed by atoms with van der Waals surface area (Å²) in [7, 11) is 0. The molecular weight excluding hydrogens is 368 g/mol. The maximum Gasteiger partial charge on any atom is 0.224 e. The fraction of sp³-hybridized carbons (Fsp3) is 0.100. The van der Waals surface area contributed by atoms with Crippen molar-refractivity contribution in [2.24, 2.45) is 0 Å². The number of pyridine rings is 3. The molecule has 0 saturated heterocycles. The molecule has 29 heavy (non-hydrogen) atoms. The minimum absolute atomic E-state index is 0.0667. The van der Waals surface area contributed by atoms with Crippen LogP contribution < -0.4 is 5.32 Å². The van der Waals surface area contributed by atoms with Gasteiger partial charge in [0.1, 0.15) is 11.0 Å². The second kappa shape index (κ2) is 6.79. The molecule has 5 aromatic rings. The highest BCUT2D eigenvalue weighted by Crippen LogP contribution is 2.27. The lowest BCUT2D eigenvalue weighted by atomic mass is 10.1. The van der Waals surface area contributed by atoms with Gasteiger partial charge in [0.15, 0.2) is 17.2 Å². The van der Waals surface area contributed by atoms with E-state index >= 15 is 0 Å². The summed E-state index contributed by atoms with van der Waals surface area (Å²) in [5.74, 6) is 0.527. The molecule has 142 valence electrons. The van der Waals surface area contributed by atoms with Gasteiger partial charge in [-0.25, -0.2) is 15.0 Å². The number of rotatable bonds is 4. The van der Waals surface area contributed by atoms with Crippen molar-refractivity contribution in [3.63, 3.8) is 0 Å². The molecule has 0 aromatic carbocycles. The number of carbonyl (C=O) groups is 1. The van der Waals surface area contributed by atoms with Crippen LogP contribution in [0.4, 0.5) is 5.69 Å². The molecule has 5 aromatic heterocycles. The third kappa shape index (κ3) is 3.08. The van der Waals surface area contributed by atoms with Crippen LogP contribution in [0.2, 0.25) is 0 Å². The topological polar surface area (TPSA) is 125 Å². The van der Waals surface area contributed by atoms with Crippen molar-refractivity contribution in [3.05, 3.63) is 48.9 Å². The van der Waals surface area contributed by atoms with Gasteiger partial charge < -0.3 is 10.3 Å². The molecule has 5 heterocycles. The molecule has 1 amide bonds. The van der Waals surface area contributed by atoms with E-state index in [1.807, 2.05) is 30.3 Å². The normalized spacial score (nSPS) is 11.2. The van der Waals surface area contributed by atoms with Gasteiger partial charge in [-0.1, -0.05) is 6.92 Å². The highest BCUT2D eigenvalue weighted by atomic mass is 16.1. The summed E-state index contributed by atoms with van der Waals surface area (Å²) >= 11 is 0. The van der Waals surface area contributed by atoms with Gasteiger partial charge in [-0.3, -0.25) is 14.9 Å². The molecule has 0 saturated carbocycles. The number of hydrogen-bond acceptors (Lipinski definition) is 6. The summed E-state index contributed by atoms with van der Waals surface area (Å²) in [6, 6.07) is 9.36. The summed E-state index contributed by atoms with van der Waals surface area (Å²) < 4.78 is 0. The second-order valence-electron chi connectivity index (χ2n) is 6.49. The number of aromatic nitrogens is 7. The van der Waals surface area contributed by atoms with Crippen molar-refractivity contribution in [2.75, 3.05) is 5.32 Å². The maximum absolute atomic E-state index is 11.7. The number of nitrogens with zero attached hydrogens (tertiary/aromatic N) is 5. The van der Waals surface area contributed by atoms with Crippen LogP contribution >= 0.6 is 0 Å². The molecular formula is C20H16N8O. The van der Waals surface area contributed by atoms with Crippen LogP contribution in [0.3, 0.4) is 0 Å². The number of fused-ring (bicyclic) bond motifs is 2. The summed E-state index contributed by atoms with van der Waals surface area (Å²) in [5.41, 5.74) is 5.69. The Morgan fingerprint density at radius 2 is 2.10 bits per heavy atom. The van der Waals surface area contributed by atoms with E-state index in [0.29, 0.717) is 34.8 Å². The predicted octanol–water partition coefficient (Wildman–Crippen LogP) is 3.31. The molecule has 0 aliphatic heterocycles. The molecule has 9 nitrogen and oxygen atoms in total. The van der Waals surface area contributed by atoms with Crippen molar-refractivity contribution < 1.29 is 4.79 Å². The Morgan fingerprint density at radius 3 is 2.97 bits per heavy atom. The quantitative estimate of drug-likeness (QED) is 0.436. The highest BCUT2D eigenvalue weighted by Gasteiger charge is 2.15. The number of aromatic amines is 2. The standard InChI is InChI=1S/C20H16N8O/c1-2-16(29)23-12-8-11(9-21-10-12)13-5-6-14-17(24-13)18(28-27-14)20-25-15-4-3-7-22-19(15)26-20/h3-10H,2H2,1H3,(H,23,29)(H,27,28)(H,22,25,26). The Labute approximate surface area is 164 Å². The number of carbonyl (C=O) groups excluding carboxylic acids is 1. The zero-order valence-electron chi connectivity index (χ0n) is 15.5. The Bertz CT molecular complexity index is 1320. The lowest BCUT2D eigenvalue weighted by Crippen LogP contribution is -2.09.